The molecule has 0 amide bonds. The molecule has 0 unspecified atom stereocenters. The molecule has 0 atom stereocenters. The van der Waals surface area contributed by atoms with Gasteiger partial charge in [-0.15, -0.1) is 0 Å². The van der Waals surface area contributed by atoms with Crippen LogP contribution >= 0.6 is 0 Å². The quantitative estimate of drug-likeness (QED) is 0.690. The Morgan fingerprint density at radius 1 is 1.03 bits per heavy atom. The number of hydrogen-bond acceptors (Lipinski definition) is 5. The van der Waals surface area contributed by atoms with Crippen LogP contribution in [-0.2, 0) is 17.7 Å². The molecular formula is C25H29NO4. The van der Waals surface area contributed by atoms with Crippen molar-refractivity contribution in [3.63, 3.8) is 0 Å². The Morgan fingerprint density at radius 3 is 2.53 bits per heavy atom. The first kappa shape index (κ1) is 19.4. The molecule has 30 heavy (non-hydrogen) atoms. The molecule has 1 aliphatic heterocycles. The van der Waals surface area contributed by atoms with E-state index in [-0.39, 0.29) is 18.3 Å². The lowest BCUT2D eigenvalue weighted by Gasteiger charge is -2.20. The van der Waals surface area contributed by atoms with Crippen molar-refractivity contribution >= 4 is 5.71 Å². The molecule has 2 aromatic rings. The number of aliphatic hydroxyl groups is 1. The van der Waals surface area contributed by atoms with Gasteiger partial charge in [0.1, 0.15) is 11.7 Å². The highest BCUT2D eigenvalue weighted by molar-refractivity contribution is 6.02. The Bertz CT molecular complexity index is 907. The van der Waals surface area contributed by atoms with Gasteiger partial charge in [-0.25, -0.2) is 0 Å². The summed E-state index contributed by atoms with van der Waals surface area (Å²) < 4.78 is 12.4. The lowest BCUT2D eigenvalue weighted by atomic mass is 9.93. The molecule has 5 rings (SSSR count). The highest BCUT2D eigenvalue weighted by Gasteiger charge is 2.42. The van der Waals surface area contributed by atoms with Crippen LogP contribution in [0.5, 0.6) is 11.5 Å². The predicted molar refractivity (Wildman–Crippen MR) is 115 cm³/mol. The maximum atomic E-state index is 9.09. The third kappa shape index (κ3) is 3.91. The third-order valence-electron chi connectivity index (χ3n) is 6.50. The lowest BCUT2D eigenvalue weighted by molar-refractivity contribution is -0.0126. The van der Waals surface area contributed by atoms with E-state index in [1.807, 2.05) is 18.2 Å². The molecule has 1 saturated carbocycles. The number of aliphatic hydroxyl groups excluding tert-OH is 1. The summed E-state index contributed by atoms with van der Waals surface area (Å²) in [6, 6.07) is 14.6. The molecule has 1 N–H and O–H groups in total. The van der Waals surface area contributed by atoms with E-state index >= 15 is 0 Å². The van der Waals surface area contributed by atoms with E-state index in [0.29, 0.717) is 13.0 Å². The Morgan fingerprint density at radius 2 is 1.80 bits per heavy atom. The molecule has 1 fully saturated rings. The van der Waals surface area contributed by atoms with Gasteiger partial charge in [0.15, 0.2) is 11.5 Å². The van der Waals surface area contributed by atoms with Crippen molar-refractivity contribution in [2.24, 2.45) is 5.16 Å². The molecule has 5 heteroatoms. The van der Waals surface area contributed by atoms with E-state index in [1.54, 1.807) is 0 Å². The van der Waals surface area contributed by atoms with E-state index in [9.17, 15) is 0 Å². The zero-order valence-electron chi connectivity index (χ0n) is 17.3. The van der Waals surface area contributed by atoms with Gasteiger partial charge < -0.3 is 19.4 Å². The molecule has 3 aliphatic rings. The summed E-state index contributed by atoms with van der Waals surface area (Å²) in [7, 11) is 0. The number of oxime groups is 1. The van der Waals surface area contributed by atoms with E-state index in [0.717, 1.165) is 54.9 Å². The normalized spacial score (nSPS) is 19.6. The van der Waals surface area contributed by atoms with Gasteiger partial charge >= 0.3 is 0 Å². The SMILES string of the molecule is OCCCOc1ccc(C2=NOC3(CCCC3)C2)cc1OC1Cc2ccccc2C1. The number of benzene rings is 2. The number of rotatable bonds is 7. The van der Waals surface area contributed by atoms with E-state index in [4.69, 9.17) is 19.4 Å². The topological polar surface area (TPSA) is 60.3 Å². The summed E-state index contributed by atoms with van der Waals surface area (Å²) in [5, 5.41) is 13.5. The van der Waals surface area contributed by atoms with Gasteiger partial charge in [-0.1, -0.05) is 29.4 Å². The van der Waals surface area contributed by atoms with Crippen LogP contribution in [-0.4, -0.2) is 35.7 Å². The molecule has 0 saturated heterocycles. The van der Waals surface area contributed by atoms with Crippen molar-refractivity contribution in [1.82, 2.24) is 0 Å². The van der Waals surface area contributed by atoms with E-state index < -0.39 is 0 Å². The summed E-state index contributed by atoms with van der Waals surface area (Å²) in [5.74, 6) is 1.47. The molecule has 2 aromatic carbocycles. The van der Waals surface area contributed by atoms with Crippen LogP contribution < -0.4 is 9.47 Å². The predicted octanol–water partition coefficient (Wildman–Crippen LogP) is 4.43. The number of fused-ring (bicyclic) bond motifs is 1. The molecule has 1 heterocycles. The Kier molecular flexibility index (Phi) is 5.38. The van der Waals surface area contributed by atoms with Crippen LogP contribution in [0.25, 0.3) is 0 Å². The first-order valence-corrected chi connectivity index (χ1v) is 11.1. The zero-order valence-corrected chi connectivity index (χ0v) is 17.3. The van der Waals surface area contributed by atoms with Gasteiger partial charge in [0.2, 0.25) is 0 Å². The molecular weight excluding hydrogens is 378 g/mol. The molecule has 2 aliphatic carbocycles. The van der Waals surface area contributed by atoms with Crippen molar-refractivity contribution in [3.8, 4) is 11.5 Å². The average Bonchev–Trinajstić information content (AvgIpc) is 3.49. The highest BCUT2D eigenvalue weighted by Crippen LogP contribution is 2.42. The second-order valence-electron chi connectivity index (χ2n) is 8.70. The summed E-state index contributed by atoms with van der Waals surface area (Å²) in [6.45, 7) is 0.576. The fourth-order valence-corrected chi connectivity index (χ4v) is 4.89. The number of ether oxygens (including phenoxy) is 2. The van der Waals surface area contributed by atoms with Crippen LogP contribution in [0.3, 0.4) is 0 Å². The smallest absolute Gasteiger partial charge is 0.162 e. The van der Waals surface area contributed by atoms with Crippen molar-refractivity contribution in [1.29, 1.82) is 0 Å². The number of nitrogens with zero attached hydrogens (tertiary/aromatic N) is 1. The van der Waals surface area contributed by atoms with Gasteiger partial charge in [0.05, 0.1) is 12.3 Å². The van der Waals surface area contributed by atoms with E-state index in [1.165, 1.54) is 24.0 Å². The average molecular weight is 408 g/mol. The fraction of sp³-hybridized carbons (Fsp3) is 0.480. The second-order valence-corrected chi connectivity index (χ2v) is 8.70. The minimum Gasteiger partial charge on any atom is -0.490 e. The third-order valence-corrected chi connectivity index (χ3v) is 6.50. The van der Waals surface area contributed by atoms with Crippen LogP contribution in [0.2, 0.25) is 0 Å². The minimum absolute atomic E-state index is 0.0836. The second kappa shape index (κ2) is 8.31. The molecule has 158 valence electrons. The molecule has 0 radical (unpaired) electrons. The maximum absolute atomic E-state index is 9.09. The zero-order chi connectivity index (χ0) is 20.4. The van der Waals surface area contributed by atoms with Crippen molar-refractivity contribution in [2.45, 2.75) is 63.1 Å². The monoisotopic (exact) mass is 407 g/mol. The molecule has 0 bridgehead atoms. The lowest BCUT2D eigenvalue weighted by Crippen LogP contribution is -2.24. The van der Waals surface area contributed by atoms with Crippen molar-refractivity contribution < 1.29 is 19.4 Å². The maximum Gasteiger partial charge on any atom is 0.162 e. The van der Waals surface area contributed by atoms with Crippen LogP contribution in [0.15, 0.2) is 47.6 Å². The van der Waals surface area contributed by atoms with Gasteiger partial charge in [0.25, 0.3) is 0 Å². The number of hydrogen-bond donors (Lipinski definition) is 1. The minimum atomic E-state index is -0.0836. The summed E-state index contributed by atoms with van der Waals surface area (Å²) >= 11 is 0. The van der Waals surface area contributed by atoms with Gasteiger partial charge in [-0.2, -0.15) is 0 Å². The Labute approximate surface area is 177 Å². The van der Waals surface area contributed by atoms with Gasteiger partial charge in [0, 0.05) is 37.9 Å². The van der Waals surface area contributed by atoms with Gasteiger partial charge in [-0.05, 0) is 55.0 Å². The largest absolute Gasteiger partial charge is 0.490 e. The molecule has 1 spiro atoms. The fourth-order valence-electron chi connectivity index (χ4n) is 4.89. The highest BCUT2D eigenvalue weighted by atomic mass is 16.7. The Balaban J connectivity index is 1.35. The molecule has 0 aromatic heterocycles. The summed E-state index contributed by atoms with van der Waals surface area (Å²) in [4.78, 5) is 5.88. The Hall–Kier alpha value is -2.53. The van der Waals surface area contributed by atoms with Gasteiger partial charge in [-0.3, -0.25) is 0 Å². The standard InChI is InChI=1S/C25H29NO4/c27-12-5-13-28-23-9-8-20(22-17-25(30-26-22)10-3-4-11-25)16-24(23)29-21-14-18-6-1-2-7-19(18)15-21/h1-2,6-9,16,21,27H,3-5,10-15,17H2. The van der Waals surface area contributed by atoms with Crippen LogP contribution in [0.4, 0.5) is 0 Å². The van der Waals surface area contributed by atoms with E-state index in [2.05, 4.69) is 29.4 Å². The summed E-state index contributed by atoms with van der Waals surface area (Å²) in [5.41, 5.74) is 4.67. The van der Waals surface area contributed by atoms with Crippen molar-refractivity contribution in [3.05, 3.63) is 59.2 Å². The van der Waals surface area contributed by atoms with Crippen LogP contribution in [0.1, 0.15) is 55.2 Å². The first-order chi connectivity index (χ1) is 14.7. The first-order valence-electron chi connectivity index (χ1n) is 11.1. The van der Waals surface area contributed by atoms with Crippen molar-refractivity contribution in [2.75, 3.05) is 13.2 Å². The molecule has 5 nitrogen and oxygen atoms in total. The summed E-state index contributed by atoms with van der Waals surface area (Å²) in [6.07, 6.45) is 7.99. The van der Waals surface area contributed by atoms with Crippen LogP contribution in [0, 0.1) is 0 Å².